The molecule has 4 heteroatoms. The lowest BCUT2D eigenvalue weighted by atomic mass is 9.74. The number of methoxy groups -OCH3 is 1. The Bertz CT molecular complexity index is 430. The molecule has 0 radical (unpaired) electrons. The van der Waals surface area contributed by atoms with Crippen LogP contribution in [0.5, 0.6) is 0 Å². The predicted octanol–water partition coefficient (Wildman–Crippen LogP) is 2.80. The van der Waals surface area contributed by atoms with Crippen molar-refractivity contribution in [1.82, 2.24) is 5.43 Å². The summed E-state index contributed by atoms with van der Waals surface area (Å²) in [6.45, 7) is 2.27. The standard InChI is InChI=1S/C16H25FN2O/c1-12-6-8-16(20-2,9-7-12)15(19-18)11-13-4-3-5-14(17)10-13/h3-5,10,12,15,19H,6-9,11,18H2,1-2H3. The molecule has 1 fully saturated rings. The lowest BCUT2D eigenvalue weighted by molar-refractivity contribution is -0.0746. The van der Waals surface area contributed by atoms with Crippen LogP contribution in [0.3, 0.4) is 0 Å². The molecule has 112 valence electrons. The van der Waals surface area contributed by atoms with E-state index in [1.807, 2.05) is 6.07 Å². The third-order valence-corrected chi connectivity index (χ3v) is 4.69. The summed E-state index contributed by atoms with van der Waals surface area (Å²) in [5.41, 5.74) is 3.60. The number of benzene rings is 1. The SMILES string of the molecule is COC1(C(Cc2cccc(F)c2)NN)CCC(C)CC1. The highest BCUT2D eigenvalue weighted by Crippen LogP contribution is 2.37. The zero-order valence-electron chi connectivity index (χ0n) is 12.4. The van der Waals surface area contributed by atoms with Gasteiger partial charge in [-0.25, -0.2) is 4.39 Å². The van der Waals surface area contributed by atoms with Crippen molar-refractivity contribution < 1.29 is 9.13 Å². The maximum atomic E-state index is 13.3. The predicted molar refractivity (Wildman–Crippen MR) is 78.6 cm³/mol. The average Bonchev–Trinajstić information content (AvgIpc) is 2.46. The number of hydrogen-bond donors (Lipinski definition) is 2. The normalized spacial score (nSPS) is 28.3. The number of rotatable bonds is 5. The molecule has 3 nitrogen and oxygen atoms in total. The monoisotopic (exact) mass is 280 g/mol. The molecule has 0 amide bonds. The van der Waals surface area contributed by atoms with Gasteiger partial charge in [-0.2, -0.15) is 0 Å². The van der Waals surface area contributed by atoms with E-state index in [2.05, 4.69) is 12.3 Å². The summed E-state index contributed by atoms with van der Waals surface area (Å²) in [6.07, 6.45) is 4.96. The smallest absolute Gasteiger partial charge is 0.123 e. The quantitative estimate of drug-likeness (QED) is 0.644. The highest BCUT2D eigenvalue weighted by atomic mass is 19.1. The Labute approximate surface area is 120 Å². The molecule has 0 spiro atoms. The Balaban J connectivity index is 2.13. The summed E-state index contributed by atoms with van der Waals surface area (Å²) in [7, 11) is 1.76. The van der Waals surface area contributed by atoms with Crippen molar-refractivity contribution in [3.8, 4) is 0 Å². The van der Waals surface area contributed by atoms with Crippen molar-refractivity contribution in [3.63, 3.8) is 0 Å². The van der Waals surface area contributed by atoms with Gasteiger partial charge in [-0.3, -0.25) is 11.3 Å². The molecule has 1 unspecified atom stereocenters. The maximum Gasteiger partial charge on any atom is 0.123 e. The van der Waals surface area contributed by atoms with Crippen molar-refractivity contribution in [2.24, 2.45) is 11.8 Å². The molecule has 1 aliphatic carbocycles. The van der Waals surface area contributed by atoms with E-state index in [4.69, 9.17) is 10.6 Å². The fourth-order valence-electron chi connectivity index (χ4n) is 3.24. The van der Waals surface area contributed by atoms with Crippen LogP contribution in [0.2, 0.25) is 0 Å². The number of nitrogens with one attached hydrogen (secondary N) is 1. The molecule has 0 bridgehead atoms. The largest absolute Gasteiger partial charge is 0.377 e. The second-order valence-electron chi connectivity index (χ2n) is 6.00. The van der Waals surface area contributed by atoms with Gasteiger partial charge in [0.2, 0.25) is 0 Å². The third kappa shape index (κ3) is 3.37. The third-order valence-electron chi connectivity index (χ3n) is 4.69. The van der Waals surface area contributed by atoms with Crippen LogP contribution < -0.4 is 11.3 Å². The first-order valence-electron chi connectivity index (χ1n) is 7.35. The van der Waals surface area contributed by atoms with Crippen LogP contribution in [0.4, 0.5) is 4.39 Å². The Morgan fingerprint density at radius 3 is 2.70 bits per heavy atom. The van der Waals surface area contributed by atoms with Crippen LogP contribution in [0, 0.1) is 11.7 Å². The maximum absolute atomic E-state index is 13.3. The molecule has 2 rings (SSSR count). The molecule has 0 heterocycles. The van der Waals surface area contributed by atoms with E-state index in [9.17, 15) is 4.39 Å². The fourth-order valence-corrected chi connectivity index (χ4v) is 3.24. The van der Waals surface area contributed by atoms with Crippen LogP contribution in [0.15, 0.2) is 24.3 Å². The lowest BCUT2D eigenvalue weighted by Crippen LogP contribution is -2.57. The number of hydrazine groups is 1. The van der Waals surface area contributed by atoms with Crippen LogP contribution in [-0.4, -0.2) is 18.8 Å². The van der Waals surface area contributed by atoms with Crippen molar-refractivity contribution in [2.45, 2.75) is 50.7 Å². The summed E-state index contributed by atoms with van der Waals surface area (Å²) >= 11 is 0. The van der Waals surface area contributed by atoms with Gasteiger partial charge in [0.25, 0.3) is 0 Å². The van der Waals surface area contributed by atoms with Crippen LogP contribution in [-0.2, 0) is 11.2 Å². The van der Waals surface area contributed by atoms with Gasteiger partial charge in [0.1, 0.15) is 5.82 Å². The van der Waals surface area contributed by atoms with E-state index in [1.165, 1.54) is 6.07 Å². The van der Waals surface area contributed by atoms with Gasteiger partial charge in [0, 0.05) is 7.11 Å². The molecule has 1 atom stereocenters. The second-order valence-corrected chi connectivity index (χ2v) is 6.00. The molecule has 1 aromatic rings. The average molecular weight is 280 g/mol. The summed E-state index contributed by atoms with van der Waals surface area (Å²) in [5, 5.41) is 0. The van der Waals surface area contributed by atoms with Gasteiger partial charge < -0.3 is 4.74 Å². The van der Waals surface area contributed by atoms with Gasteiger partial charge >= 0.3 is 0 Å². The van der Waals surface area contributed by atoms with Crippen molar-refractivity contribution in [1.29, 1.82) is 0 Å². The first-order valence-corrected chi connectivity index (χ1v) is 7.35. The van der Waals surface area contributed by atoms with Gasteiger partial charge in [0.05, 0.1) is 11.6 Å². The van der Waals surface area contributed by atoms with Gasteiger partial charge in [-0.1, -0.05) is 19.1 Å². The summed E-state index contributed by atoms with van der Waals surface area (Å²) in [6, 6.07) is 6.70. The molecule has 0 aromatic heterocycles. The Kier molecular flexibility index (Phi) is 5.13. The molecule has 0 aliphatic heterocycles. The van der Waals surface area contributed by atoms with E-state index in [0.717, 1.165) is 37.2 Å². The Morgan fingerprint density at radius 1 is 1.45 bits per heavy atom. The number of nitrogens with two attached hydrogens (primary N) is 1. The van der Waals surface area contributed by atoms with E-state index in [-0.39, 0.29) is 17.5 Å². The van der Waals surface area contributed by atoms with E-state index >= 15 is 0 Å². The summed E-state index contributed by atoms with van der Waals surface area (Å²) in [4.78, 5) is 0. The Hall–Kier alpha value is -0.970. The molecule has 1 saturated carbocycles. The summed E-state index contributed by atoms with van der Waals surface area (Å²) < 4.78 is 19.2. The van der Waals surface area contributed by atoms with E-state index < -0.39 is 0 Å². The van der Waals surface area contributed by atoms with Crippen LogP contribution >= 0.6 is 0 Å². The first kappa shape index (κ1) is 15.4. The molecule has 3 N–H and O–H groups in total. The van der Waals surface area contributed by atoms with Crippen LogP contribution in [0.1, 0.15) is 38.2 Å². The van der Waals surface area contributed by atoms with E-state index in [0.29, 0.717) is 6.42 Å². The molecular formula is C16H25FN2O. The second kappa shape index (κ2) is 6.66. The molecular weight excluding hydrogens is 255 g/mol. The number of ether oxygens (including phenoxy) is 1. The molecule has 1 aromatic carbocycles. The van der Waals surface area contributed by atoms with E-state index in [1.54, 1.807) is 19.2 Å². The summed E-state index contributed by atoms with van der Waals surface area (Å²) in [5.74, 6) is 6.30. The zero-order valence-corrected chi connectivity index (χ0v) is 12.4. The molecule has 0 saturated heterocycles. The number of halogens is 1. The fraction of sp³-hybridized carbons (Fsp3) is 0.625. The molecule has 1 aliphatic rings. The minimum atomic E-state index is -0.242. The highest BCUT2D eigenvalue weighted by molar-refractivity contribution is 5.18. The van der Waals surface area contributed by atoms with Crippen LogP contribution in [0.25, 0.3) is 0 Å². The van der Waals surface area contributed by atoms with Crippen molar-refractivity contribution >= 4 is 0 Å². The Morgan fingerprint density at radius 2 is 2.15 bits per heavy atom. The minimum absolute atomic E-state index is 0.00167. The van der Waals surface area contributed by atoms with Crippen molar-refractivity contribution in [3.05, 3.63) is 35.6 Å². The first-order chi connectivity index (χ1) is 9.59. The zero-order chi connectivity index (χ0) is 14.6. The van der Waals surface area contributed by atoms with Gasteiger partial charge in [-0.15, -0.1) is 0 Å². The topological polar surface area (TPSA) is 47.3 Å². The van der Waals surface area contributed by atoms with Gasteiger partial charge in [-0.05, 0) is 55.7 Å². The lowest BCUT2D eigenvalue weighted by Gasteiger charge is -2.43. The van der Waals surface area contributed by atoms with Crippen molar-refractivity contribution in [2.75, 3.05) is 7.11 Å². The number of hydrogen-bond acceptors (Lipinski definition) is 3. The highest BCUT2D eigenvalue weighted by Gasteiger charge is 2.41. The van der Waals surface area contributed by atoms with Gasteiger partial charge in [0.15, 0.2) is 0 Å². The molecule has 20 heavy (non-hydrogen) atoms. The minimum Gasteiger partial charge on any atom is -0.377 e.